The molecule has 5 aromatic rings. The van der Waals surface area contributed by atoms with E-state index in [2.05, 4.69) is 0 Å². The van der Waals surface area contributed by atoms with Gasteiger partial charge in [0.05, 0.1) is 22.0 Å². The molecular formula is C31H24Cl2N4O5S. The molecule has 0 aliphatic carbocycles. The molecule has 0 aliphatic heterocycles. The first-order chi connectivity index (χ1) is 20.6. The molecule has 1 aromatic heterocycles. The fourth-order valence-corrected chi connectivity index (χ4v) is 5.63. The van der Waals surface area contributed by atoms with Gasteiger partial charge in [-0.05, 0) is 71.3 Å². The van der Waals surface area contributed by atoms with E-state index >= 15 is 0 Å². The van der Waals surface area contributed by atoms with Gasteiger partial charge in [0.25, 0.3) is 11.3 Å². The molecule has 218 valence electrons. The van der Waals surface area contributed by atoms with E-state index in [1.807, 2.05) is 41.1 Å². The smallest absolute Gasteiger partial charge is 0.335 e. The van der Waals surface area contributed by atoms with Crippen molar-refractivity contribution in [2.45, 2.75) is 6.42 Å². The average Bonchev–Trinajstić information content (AvgIpc) is 3.39. The highest BCUT2D eigenvalue weighted by Crippen LogP contribution is 2.32. The van der Waals surface area contributed by atoms with E-state index in [1.54, 1.807) is 60.7 Å². The molecule has 0 aliphatic rings. The predicted octanol–water partition coefficient (Wildman–Crippen LogP) is 6.23. The van der Waals surface area contributed by atoms with E-state index in [0.717, 1.165) is 21.0 Å². The van der Waals surface area contributed by atoms with Crippen molar-refractivity contribution in [2.24, 2.45) is 5.73 Å². The van der Waals surface area contributed by atoms with Crippen LogP contribution < -0.4 is 10.0 Å². The van der Waals surface area contributed by atoms with Gasteiger partial charge in [-0.15, -0.1) is 0 Å². The molecule has 0 radical (unpaired) electrons. The van der Waals surface area contributed by atoms with Crippen LogP contribution in [0.4, 0.5) is 5.69 Å². The molecule has 12 heteroatoms. The highest BCUT2D eigenvalue weighted by Gasteiger charge is 2.18. The van der Waals surface area contributed by atoms with Gasteiger partial charge in [-0.2, -0.15) is 0 Å². The van der Waals surface area contributed by atoms with Crippen molar-refractivity contribution in [3.8, 4) is 28.1 Å². The summed E-state index contributed by atoms with van der Waals surface area (Å²) in [6, 6.07) is 26.4. The Morgan fingerprint density at radius 3 is 2.28 bits per heavy atom. The number of primary amides is 1. The second-order valence-corrected chi connectivity index (χ2v) is 11.3. The number of hydrogen-bond acceptors (Lipinski definition) is 4. The number of nitrogens with two attached hydrogens (primary N) is 1. The molecule has 5 rings (SSSR count). The van der Waals surface area contributed by atoms with Gasteiger partial charge in [0.2, 0.25) is 5.91 Å². The zero-order valence-corrected chi connectivity index (χ0v) is 24.7. The van der Waals surface area contributed by atoms with E-state index in [4.69, 9.17) is 33.9 Å². The highest BCUT2D eigenvalue weighted by molar-refractivity contribution is 7.80. The Hall–Kier alpha value is -4.48. The maximum absolute atomic E-state index is 11.8. The summed E-state index contributed by atoms with van der Waals surface area (Å²) < 4.78 is 24.3. The van der Waals surface area contributed by atoms with E-state index in [9.17, 15) is 23.5 Å². The molecule has 1 amide bonds. The summed E-state index contributed by atoms with van der Waals surface area (Å²) in [6.07, 6.45) is 2.29. The van der Waals surface area contributed by atoms with Crippen LogP contribution in [0, 0.1) is 0 Å². The van der Waals surface area contributed by atoms with Gasteiger partial charge in [0, 0.05) is 28.9 Å². The number of rotatable bonds is 10. The lowest BCUT2D eigenvalue weighted by molar-refractivity contribution is -0.116. The van der Waals surface area contributed by atoms with Crippen molar-refractivity contribution in [2.75, 3.05) is 10.8 Å². The van der Waals surface area contributed by atoms with E-state index in [1.165, 1.54) is 0 Å². The van der Waals surface area contributed by atoms with Gasteiger partial charge in [0.1, 0.15) is 12.4 Å². The highest BCUT2D eigenvalue weighted by atomic mass is 35.5. The van der Waals surface area contributed by atoms with E-state index in [-0.39, 0.29) is 5.56 Å². The molecule has 0 saturated carbocycles. The van der Waals surface area contributed by atoms with Crippen LogP contribution in [-0.2, 0) is 22.5 Å². The van der Waals surface area contributed by atoms with Gasteiger partial charge in [0.15, 0.2) is 0 Å². The number of aromatic carboxylic acids is 1. The molecule has 0 fully saturated rings. The molecule has 43 heavy (non-hydrogen) atoms. The number of imidazole rings is 1. The normalized spacial score (nSPS) is 11.7. The van der Waals surface area contributed by atoms with Gasteiger partial charge in [-0.1, -0.05) is 59.6 Å². The number of carbonyl (C=O) groups excluding carboxylic acids is 1. The van der Waals surface area contributed by atoms with Crippen molar-refractivity contribution >= 4 is 52.0 Å². The number of hydrogen-bond donors (Lipinski definition) is 3. The number of carboxylic acids is 1. The molecule has 0 saturated heterocycles. The number of anilines is 1. The Morgan fingerprint density at radius 2 is 1.65 bits per heavy atom. The first-order valence-electron chi connectivity index (χ1n) is 12.8. The Balaban J connectivity index is 1.50. The zero-order valence-electron chi connectivity index (χ0n) is 22.4. The number of aromatic nitrogens is 2. The summed E-state index contributed by atoms with van der Waals surface area (Å²) in [5.74, 6) is -1.04. The summed E-state index contributed by atoms with van der Waals surface area (Å²) in [6.45, 7) is -0.422. The van der Waals surface area contributed by atoms with Crippen LogP contribution in [0.15, 0.2) is 97.2 Å². The minimum Gasteiger partial charge on any atom is -0.478 e. The first-order valence-corrected chi connectivity index (χ1v) is 14.6. The molecule has 9 nitrogen and oxygen atoms in total. The number of amides is 1. The summed E-state index contributed by atoms with van der Waals surface area (Å²) in [4.78, 5) is 27.7. The lowest BCUT2D eigenvalue weighted by atomic mass is 10.0. The van der Waals surface area contributed by atoms with Crippen LogP contribution >= 0.6 is 23.2 Å². The van der Waals surface area contributed by atoms with Crippen LogP contribution in [0.3, 0.4) is 0 Å². The predicted molar refractivity (Wildman–Crippen MR) is 168 cm³/mol. The Bertz CT molecular complexity index is 1840. The maximum atomic E-state index is 11.8. The van der Waals surface area contributed by atoms with Crippen LogP contribution in [-0.4, -0.2) is 41.8 Å². The maximum Gasteiger partial charge on any atom is 0.335 e. The number of benzene rings is 4. The standard InChI is InChI=1S/C31H24Cl2N4O5S/c32-23-8-13-26(27(33)16-23)28-17-36(24-9-11-25(12-10-24)37(43(41)42)18-29(34)38)30(35-28)14-19-4-6-20(7-5-19)21-2-1-3-22(15-21)31(39)40/h1-13,15-17H,14,18H2,(H2,34,38)(H,39,40)(H,41,42). The van der Waals surface area contributed by atoms with E-state index < -0.39 is 29.7 Å². The summed E-state index contributed by atoms with van der Waals surface area (Å²) >= 11 is 10.2. The third kappa shape index (κ3) is 6.95. The Morgan fingerprint density at radius 1 is 0.930 bits per heavy atom. The largest absolute Gasteiger partial charge is 0.478 e. The van der Waals surface area contributed by atoms with Crippen molar-refractivity contribution in [3.63, 3.8) is 0 Å². The summed E-state index contributed by atoms with van der Waals surface area (Å²) in [5.41, 5.74) is 10.5. The minimum absolute atomic E-state index is 0.214. The second-order valence-electron chi connectivity index (χ2n) is 9.55. The number of carboxylic acid groups (broad SMARTS) is 1. The van der Waals surface area contributed by atoms with Gasteiger partial charge >= 0.3 is 5.97 Å². The van der Waals surface area contributed by atoms with Crippen LogP contribution in [0.5, 0.6) is 0 Å². The Kier molecular flexibility index (Phi) is 8.93. The first kappa shape index (κ1) is 30.0. The monoisotopic (exact) mass is 634 g/mol. The molecule has 4 N–H and O–H groups in total. The lowest BCUT2D eigenvalue weighted by Crippen LogP contribution is -2.34. The molecule has 0 spiro atoms. The summed E-state index contributed by atoms with van der Waals surface area (Å²) in [7, 11) is 0. The third-order valence-corrected chi connectivity index (χ3v) is 7.91. The third-order valence-electron chi connectivity index (χ3n) is 6.65. The molecule has 1 unspecified atom stereocenters. The van der Waals surface area contributed by atoms with Crippen LogP contribution in [0.1, 0.15) is 21.7 Å². The van der Waals surface area contributed by atoms with Gasteiger partial charge in [-0.25, -0.2) is 14.0 Å². The number of nitrogens with zero attached hydrogens (tertiary/aromatic N) is 3. The number of halogens is 2. The molecule has 1 atom stereocenters. The quantitative estimate of drug-likeness (QED) is 0.156. The van der Waals surface area contributed by atoms with Crippen molar-refractivity contribution in [1.29, 1.82) is 0 Å². The van der Waals surface area contributed by atoms with Crippen molar-refractivity contribution < 1.29 is 23.5 Å². The van der Waals surface area contributed by atoms with E-state index in [0.29, 0.717) is 44.9 Å². The molecule has 0 bridgehead atoms. The molecule has 4 aromatic carbocycles. The van der Waals surface area contributed by atoms with Gasteiger partial charge in [-0.3, -0.25) is 13.7 Å². The van der Waals surface area contributed by atoms with Crippen molar-refractivity contribution in [1.82, 2.24) is 9.55 Å². The number of carbonyl (C=O) groups is 2. The fourth-order valence-electron chi connectivity index (χ4n) is 4.58. The fraction of sp³-hybridized carbons (Fsp3) is 0.0645. The lowest BCUT2D eigenvalue weighted by Gasteiger charge is -2.18. The van der Waals surface area contributed by atoms with Crippen LogP contribution in [0.25, 0.3) is 28.1 Å². The zero-order chi connectivity index (χ0) is 30.7. The van der Waals surface area contributed by atoms with Crippen molar-refractivity contribution in [3.05, 3.63) is 124 Å². The molecule has 1 heterocycles. The van der Waals surface area contributed by atoms with Crippen LogP contribution in [0.2, 0.25) is 10.0 Å². The average molecular weight is 636 g/mol. The van der Waals surface area contributed by atoms with Gasteiger partial charge < -0.3 is 15.4 Å². The second kappa shape index (κ2) is 12.8. The molecular weight excluding hydrogens is 611 g/mol. The summed E-state index contributed by atoms with van der Waals surface area (Å²) in [5, 5.41) is 10.3. The Labute approximate surface area is 259 Å². The topological polar surface area (TPSA) is 139 Å². The SMILES string of the molecule is NC(=O)CN(c1ccc(-n2cc(-c3ccc(Cl)cc3Cl)nc2Cc2ccc(-c3cccc(C(=O)O)c3)cc2)cc1)S(=O)O. The minimum atomic E-state index is -2.44.